The highest BCUT2D eigenvalue weighted by Crippen LogP contribution is 2.19. The molecular formula is C16H28N4O. The van der Waals surface area contributed by atoms with Gasteiger partial charge in [0, 0.05) is 44.0 Å². The average molecular weight is 292 g/mol. The maximum Gasteiger partial charge on any atom is 0.0765 e. The fourth-order valence-electron chi connectivity index (χ4n) is 2.78. The number of nitrogens with one attached hydrogen (secondary N) is 1. The van der Waals surface area contributed by atoms with Crippen LogP contribution in [-0.4, -0.2) is 53.1 Å². The quantitative estimate of drug-likeness (QED) is 0.832. The summed E-state index contributed by atoms with van der Waals surface area (Å²) in [6.45, 7) is 9.08. The summed E-state index contributed by atoms with van der Waals surface area (Å²) in [4.78, 5) is 2.52. The lowest BCUT2D eigenvalue weighted by molar-refractivity contribution is -0.0116. The highest BCUT2D eigenvalue weighted by atomic mass is 16.5. The number of rotatable bonds is 7. The van der Waals surface area contributed by atoms with E-state index in [9.17, 15) is 0 Å². The predicted octanol–water partition coefficient (Wildman–Crippen LogP) is 1.81. The molecule has 1 saturated heterocycles. The van der Waals surface area contributed by atoms with E-state index in [-0.39, 0.29) is 0 Å². The van der Waals surface area contributed by atoms with E-state index in [0.29, 0.717) is 12.1 Å². The molecule has 2 unspecified atom stereocenters. The van der Waals surface area contributed by atoms with E-state index in [4.69, 9.17) is 9.84 Å². The molecule has 3 rings (SSSR count). The first-order valence-electron chi connectivity index (χ1n) is 8.35. The summed E-state index contributed by atoms with van der Waals surface area (Å²) in [6, 6.07) is 3.88. The second kappa shape index (κ2) is 6.90. The maximum atomic E-state index is 5.66. The number of aromatic nitrogens is 2. The van der Waals surface area contributed by atoms with E-state index in [1.54, 1.807) is 0 Å². The molecule has 2 heterocycles. The van der Waals surface area contributed by atoms with Crippen LogP contribution in [0.15, 0.2) is 12.3 Å². The molecule has 1 saturated carbocycles. The van der Waals surface area contributed by atoms with Gasteiger partial charge in [-0.3, -0.25) is 9.58 Å². The average Bonchev–Trinajstić information content (AvgIpc) is 3.23. The molecule has 0 bridgehead atoms. The van der Waals surface area contributed by atoms with Gasteiger partial charge in [-0.05, 0) is 32.3 Å². The Morgan fingerprint density at radius 2 is 2.33 bits per heavy atom. The first kappa shape index (κ1) is 15.0. The SMILES string of the molecule is CCC(C)n1ccc(CN2CCOCC2CNC2CC2)n1. The summed E-state index contributed by atoms with van der Waals surface area (Å²) in [5, 5.41) is 8.36. The van der Waals surface area contributed by atoms with Crippen molar-refractivity contribution in [1.82, 2.24) is 20.0 Å². The Hall–Kier alpha value is -0.910. The molecule has 2 atom stereocenters. The van der Waals surface area contributed by atoms with Crippen molar-refractivity contribution in [3.8, 4) is 0 Å². The van der Waals surface area contributed by atoms with Crippen molar-refractivity contribution in [3.05, 3.63) is 18.0 Å². The van der Waals surface area contributed by atoms with Crippen LogP contribution in [0.2, 0.25) is 0 Å². The third-order valence-electron chi connectivity index (χ3n) is 4.64. The van der Waals surface area contributed by atoms with Crippen LogP contribution in [-0.2, 0) is 11.3 Å². The Morgan fingerprint density at radius 3 is 3.10 bits per heavy atom. The molecule has 1 aromatic heterocycles. The third-order valence-corrected chi connectivity index (χ3v) is 4.64. The van der Waals surface area contributed by atoms with Gasteiger partial charge in [0.25, 0.3) is 0 Å². The van der Waals surface area contributed by atoms with Gasteiger partial charge in [-0.1, -0.05) is 6.92 Å². The highest BCUT2D eigenvalue weighted by molar-refractivity contribution is 5.01. The van der Waals surface area contributed by atoms with Gasteiger partial charge < -0.3 is 10.1 Å². The van der Waals surface area contributed by atoms with Gasteiger partial charge in [-0.2, -0.15) is 5.10 Å². The van der Waals surface area contributed by atoms with E-state index in [1.807, 2.05) is 0 Å². The lowest BCUT2D eigenvalue weighted by Crippen LogP contribution is -2.50. The molecule has 1 aliphatic carbocycles. The van der Waals surface area contributed by atoms with Crippen molar-refractivity contribution in [2.75, 3.05) is 26.3 Å². The topological polar surface area (TPSA) is 42.3 Å². The van der Waals surface area contributed by atoms with Crippen molar-refractivity contribution in [2.45, 2.75) is 57.8 Å². The monoisotopic (exact) mass is 292 g/mol. The second-order valence-corrected chi connectivity index (χ2v) is 6.43. The number of nitrogens with zero attached hydrogens (tertiary/aromatic N) is 3. The maximum absolute atomic E-state index is 5.66. The smallest absolute Gasteiger partial charge is 0.0765 e. The molecule has 0 radical (unpaired) electrons. The first-order valence-corrected chi connectivity index (χ1v) is 8.35. The number of hydrogen-bond donors (Lipinski definition) is 1. The fraction of sp³-hybridized carbons (Fsp3) is 0.812. The molecule has 118 valence electrons. The van der Waals surface area contributed by atoms with Gasteiger partial charge in [0.2, 0.25) is 0 Å². The Kier molecular flexibility index (Phi) is 4.93. The second-order valence-electron chi connectivity index (χ2n) is 6.43. The molecule has 2 aliphatic rings. The van der Waals surface area contributed by atoms with Gasteiger partial charge in [0.1, 0.15) is 0 Å². The van der Waals surface area contributed by atoms with E-state index < -0.39 is 0 Å². The van der Waals surface area contributed by atoms with Crippen LogP contribution in [0.5, 0.6) is 0 Å². The molecular weight excluding hydrogens is 264 g/mol. The van der Waals surface area contributed by atoms with Crippen LogP contribution in [0.1, 0.15) is 44.8 Å². The molecule has 0 amide bonds. The first-order chi connectivity index (χ1) is 10.3. The highest BCUT2D eigenvalue weighted by Gasteiger charge is 2.27. The Morgan fingerprint density at radius 1 is 1.48 bits per heavy atom. The molecule has 0 aromatic carbocycles. The van der Waals surface area contributed by atoms with E-state index in [1.165, 1.54) is 18.5 Å². The van der Waals surface area contributed by atoms with Gasteiger partial charge in [-0.15, -0.1) is 0 Å². The van der Waals surface area contributed by atoms with E-state index in [2.05, 4.69) is 41.0 Å². The largest absolute Gasteiger partial charge is 0.378 e. The van der Waals surface area contributed by atoms with Gasteiger partial charge in [-0.25, -0.2) is 0 Å². The summed E-state index contributed by atoms with van der Waals surface area (Å²) in [5.41, 5.74) is 1.17. The normalized spacial score (nSPS) is 25.1. The van der Waals surface area contributed by atoms with Crippen molar-refractivity contribution in [2.24, 2.45) is 0 Å². The zero-order chi connectivity index (χ0) is 14.7. The zero-order valence-corrected chi connectivity index (χ0v) is 13.3. The van der Waals surface area contributed by atoms with Crippen LogP contribution < -0.4 is 5.32 Å². The Labute approximate surface area is 127 Å². The van der Waals surface area contributed by atoms with Crippen LogP contribution >= 0.6 is 0 Å². The molecule has 1 N–H and O–H groups in total. The number of ether oxygens (including phenoxy) is 1. The minimum absolute atomic E-state index is 0.480. The number of morpholine rings is 1. The molecule has 2 fully saturated rings. The van der Waals surface area contributed by atoms with Gasteiger partial charge in [0.05, 0.1) is 18.9 Å². The molecule has 1 aliphatic heterocycles. The lowest BCUT2D eigenvalue weighted by atomic mass is 10.2. The Balaban J connectivity index is 1.56. The molecule has 21 heavy (non-hydrogen) atoms. The van der Waals surface area contributed by atoms with Gasteiger partial charge in [0.15, 0.2) is 0 Å². The summed E-state index contributed by atoms with van der Waals surface area (Å²) >= 11 is 0. The molecule has 0 spiro atoms. The summed E-state index contributed by atoms with van der Waals surface area (Å²) in [7, 11) is 0. The van der Waals surface area contributed by atoms with Crippen LogP contribution in [0, 0.1) is 0 Å². The fourth-order valence-corrected chi connectivity index (χ4v) is 2.78. The zero-order valence-electron chi connectivity index (χ0n) is 13.3. The van der Waals surface area contributed by atoms with E-state index >= 15 is 0 Å². The van der Waals surface area contributed by atoms with Crippen LogP contribution in [0.25, 0.3) is 0 Å². The summed E-state index contributed by atoms with van der Waals surface area (Å²) in [6.07, 6.45) is 5.91. The summed E-state index contributed by atoms with van der Waals surface area (Å²) < 4.78 is 7.75. The number of hydrogen-bond acceptors (Lipinski definition) is 4. The lowest BCUT2D eigenvalue weighted by Gasteiger charge is -2.35. The molecule has 1 aromatic rings. The van der Waals surface area contributed by atoms with Crippen LogP contribution in [0.4, 0.5) is 0 Å². The standard InChI is InChI=1S/C16H28N4O/c1-3-13(2)20-7-6-15(18-20)11-19-8-9-21-12-16(19)10-17-14-4-5-14/h6-7,13-14,16-17H,3-5,8-12H2,1-2H3. The van der Waals surface area contributed by atoms with Crippen molar-refractivity contribution >= 4 is 0 Å². The third kappa shape index (κ3) is 4.05. The van der Waals surface area contributed by atoms with Crippen LogP contribution in [0.3, 0.4) is 0 Å². The van der Waals surface area contributed by atoms with Crippen molar-refractivity contribution in [1.29, 1.82) is 0 Å². The van der Waals surface area contributed by atoms with Crippen molar-refractivity contribution < 1.29 is 4.74 Å². The minimum Gasteiger partial charge on any atom is -0.378 e. The molecule has 5 heteroatoms. The minimum atomic E-state index is 0.480. The predicted molar refractivity (Wildman–Crippen MR) is 83.3 cm³/mol. The molecule has 5 nitrogen and oxygen atoms in total. The van der Waals surface area contributed by atoms with Gasteiger partial charge >= 0.3 is 0 Å². The van der Waals surface area contributed by atoms with E-state index in [0.717, 1.165) is 45.3 Å². The Bertz CT molecular complexity index is 443. The summed E-state index contributed by atoms with van der Waals surface area (Å²) in [5.74, 6) is 0. The van der Waals surface area contributed by atoms with Crippen molar-refractivity contribution in [3.63, 3.8) is 0 Å².